The number of carbonyl (C=O) groups is 1. The zero-order valence-electron chi connectivity index (χ0n) is 14.4. The molecule has 0 radical (unpaired) electrons. The minimum absolute atomic E-state index is 0.0164. The summed E-state index contributed by atoms with van der Waals surface area (Å²) >= 11 is 5.03. The molecule has 0 spiro atoms. The lowest BCUT2D eigenvalue weighted by atomic mass is 9.99. The largest absolute Gasteiger partial charge is 0.332 e. The molecule has 5 nitrogen and oxygen atoms in total. The Kier molecular flexibility index (Phi) is 4.20. The van der Waals surface area contributed by atoms with Crippen LogP contribution in [0.15, 0.2) is 47.3 Å². The number of nitrogens with zero attached hydrogens (tertiary/aromatic N) is 1. The molecule has 1 saturated heterocycles. The molecule has 1 amide bonds. The van der Waals surface area contributed by atoms with Crippen LogP contribution in [0.1, 0.15) is 40.4 Å². The molecule has 6 heteroatoms. The maximum absolute atomic E-state index is 13.2. The van der Waals surface area contributed by atoms with Gasteiger partial charge in [0.25, 0.3) is 11.5 Å². The van der Waals surface area contributed by atoms with E-state index in [1.54, 1.807) is 18.2 Å². The van der Waals surface area contributed by atoms with Crippen LogP contribution >= 0.6 is 12.2 Å². The average molecular weight is 365 g/mol. The van der Waals surface area contributed by atoms with E-state index in [0.717, 1.165) is 19.4 Å². The van der Waals surface area contributed by atoms with Gasteiger partial charge >= 0.3 is 0 Å². The van der Waals surface area contributed by atoms with Crippen LogP contribution in [0.4, 0.5) is 0 Å². The van der Waals surface area contributed by atoms with Gasteiger partial charge in [0.1, 0.15) is 0 Å². The molecule has 1 aliphatic rings. The van der Waals surface area contributed by atoms with Crippen molar-refractivity contribution in [1.29, 1.82) is 0 Å². The van der Waals surface area contributed by atoms with Gasteiger partial charge in [0.05, 0.1) is 16.9 Å². The van der Waals surface area contributed by atoms with Crippen LogP contribution in [-0.2, 0) is 0 Å². The number of amides is 1. The first-order valence-electron chi connectivity index (χ1n) is 8.67. The third kappa shape index (κ3) is 2.86. The number of hydrogen-bond acceptors (Lipinski definition) is 3. The normalized spacial score (nSPS) is 17.0. The van der Waals surface area contributed by atoms with E-state index in [4.69, 9.17) is 12.2 Å². The van der Waals surface area contributed by atoms with Gasteiger partial charge in [0, 0.05) is 12.1 Å². The molecule has 1 atom stereocenters. The molecular weight excluding hydrogens is 346 g/mol. The first kappa shape index (κ1) is 16.7. The lowest BCUT2D eigenvalue weighted by molar-refractivity contribution is 0.0735. The number of aryl methyl sites for hydroxylation is 1. The second-order valence-corrected chi connectivity index (χ2v) is 7.09. The van der Waals surface area contributed by atoms with E-state index in [9.17, 15) is 9.59 Å². The highest BCUT2D eigenvalue weighted by Crippen LogP contribution is 2.34. The molecule has 2 N–H and O–H groups in total. The highest BCUT2D eigenvalue weighted by atomic mass is 32.1. The molecule has 26 heavy (non-hydrogen) atoms. The van der Waals surface area contributed by atoms with E-state index in [1.165, 1.54) is 11.1 Å². The minimum atomic E-state index is -0.248. The fraction of sp³-hybridized carbons (Fsp3) is 0.250. The Bertz CT molecular complexity index is 1120. The van der Waals surface area contributed by atoms with Crippen LogP contribution in [0.5, 0.6) is 0 Å². The molecule has 2 aromatic carbocycles. The summed E-state index contributed by atoms with van der Waals surface area (Å²) in [6.07, 6.45) is 1.95. The highest BCUT2D eigenvalue weighted by molar-refractivity contribution is 7.71. The Morgan fingerprint density at radius 3 is 2.81 bits per heavy atom. The number of aromatic amines is 2. The van der Waals surface area contributed by atoms with Crippen molar-refractivity contribution >= 4 is 29.0 Å². The van der Waals surface area contributed by atoms with Crippen LogP contribution in [-0.4, -0.2) is 27.3 Å². The van der Waals surface area contributed by atoms with Crippen molar-refractivity contribution in [2.24, 2.45) is 0 Å². The molecule has 0 saturated carbocycles. The Balaban J connectivity index is 1.73. The van der Waals surface area contributed by atoms with Gasteiger partial charge in [0.15, 0.2) is 4.77 Å². The number of aromatic nitrogens is 2. The maximum atomic E-state index is 13.2. The number of carbonyl (C=O) groups excluding carboxylic acids is 1. The molecule has 1 aliphatic heterocycles. The second kappa shape index (κ2) is 6.53. The summed E-state index contributed by atoms with van der Waals surface area (Å²) in [7, 11) is 0. The van der Waals surface area contributed by atoms with Crippen molar-refractivity contribution in [2.75, 3.05) is 6.54 Å². The Morgan fingerprint density at radius 2 is 2.00 bits per heavy atom. The number of hydrogen-bond donors (Lipinski definition) is 2. The lowest BCUT2D eigenvalue weighted by Gasteiger charge is -2.26. The summed E-state index contributed by atoms with van der Waals surface area (Å²) in [4.78, 5) is 32.6. The molecule has 132 valence electrons. The van der Waals surface area contributed by atoms with Gasteiger partial charge in [-0.05, 0) is 61.3 Å². The first-order valence-corrected chi connectivity index (χ1v) is 9.08. The van der Waals surface area contributed by atoms with Crippen LogP contribution < -0.4 is 5.56 Å². The Hall–Kier alpha value is -2.73. The van der Waals surface area contributed by atoms with Crippen molar-refractivity contribution < 1.29 is 4.79 Å². The van der Waals surface area contributed by atoms with Crippen LogP contribution in [0.2, 0.25) is 0 Å². The molecular formula is C20H19N3O2S. The standard InChI is InChI=1S/C20H19N3O2S/c1-12-5-2-3-6-14(12)17-7-4-10-23(17)19(25)13-8-9-15-16(11-13)21-20(26)22-18(15)24/h2-3,5-6,8-9,11,17H,4,7,10H2,1H3,(H2,21,22,24,26)/t17-/m1/s1. The molecule has 2 heterocycles. The zero-order valence-corrected chi connectivity index (χ0v) is 15.2. The summed E-state index contributed by atoms with van der Waals surface area (Å²) in [6, 6.07) is 13.4. The summed E-state index contributed by atoms with van der Waals surface area (Å²) in [5, 5.41) is 0.493. The predicted octanol–water partition coefficient (Wildman–Crippen LogP) is 3.87. The summed E-state index contributed by atoms with van der Waals surface area (Å²) in [5.74, 6) is -0.0164. The number of likely N-dealkylation sites (tertiary alicyclic amines) is 1. The van der Waals surface area contributed by atoms with Crippen molar-refractivity contribution in [3.05, 3.63) is 74.3 Å². The molecule has 1 fully saturated rings. The van der Waals surface area contributed by atoms with Crippen LogP contribution in [0, 0.1) is 11.7 Å². The molecule has 0 bridgehead atoms. The fourth-order valence-electron chi connectivity index (χ4n) is 3.76. The van der Waals surface area contributed by atoms with Gasteiger partial charge in [-0.25, -0.2) is 0 Å². The van der Waals surface area contributed by atoms with E-state index < -0.39 is 0 Å². The van der Waals surface area contributed by atoms with Gasteiger partial charge in [-0.15, -0.1) is 0 Å². The number of benzene rings is 2. The maximum Gasteiger partial charge on any atom is 0.259 e. The quantitative estimate of drug-likeness (QED) is 0.677. The number of rotatable bonds is 2. The topological polar surface area (TPSA) is 69.0 Å². The molecule has 4 rings (SSSR count). The van der Waals surface area contributed by atoms with Gasteiger partial charge in [-0.3, -0.25) is 14.6 Å². The van der Waals surface area contributed by atoms with Gasteiger partial charge in [-0.1, -0.05) is 24.3 Å². The third-order valence-corrected chi connectivity index (χ3v) is 5.25. The molecule has 0 aliphatic carbocycles. The number of H-pyrrole nitrogens is 2. The summed E-state index contributed by atoms with van der Waals surface area (Å²) in [5.41, 5.74) is 3.30. The highest BCUT2D eigenvalue weighted by Gasteiger charge is 2.31. The first-order chi connectivity index (χ1) is 12.5. The van der Waals surface area contributed by atoms with E-state index in [-0.39, 0.29) is 22.3 Å². The smallest absolute Gasteiger partial charge is 0.259 e. The third-order valence-electron chi connectivity index (χ3n) is 5.05. The van der Waals surface area contributed by atoms with Crippen molar-refractivity contribution in [2.45, 2.75) is 25.8 Å². The van der Waals surface area contributed by atoms with Crippen molar-refractivity contribution in [3.63, 3.8) is 0 Å². The molecule has 0 unspecified atom stereocenters. The fourth-order valence-corrected chi connectivity index (χ4v) is 3.96. The predicted molar refractivity (Wildman–Crippen MR) is 104 cm³/mol. The molecule has 1 aromatic heterocycles. The van der Waals surface area contributed by atoms with E-state index in [1.807, 2.05) is 17.0 Å². The van der Waals surface area contributed by atoms with E-state index in [2.05, 4.69) is 29.0 Å². The van der Waals surface area contributed by atoms with E-state index in [0.29, 0.717) is 16.5 Å². The Labute approximate surface area is 155 Å². The van der Waals surface area contributed by atoms with Crippen molar-refractivity contribution in [3.8, 4) is 0 Å². The Morgan fingerprint density at radius 1 is 1.19 bits per heavy atom. The van der Waals surface area contributed by atoms with Gasteiger partial charge < -0.3 is 9.88 Å². The monoisotopic (exact) mass is 365 g/mol. The van der Waals surface area contributed by atoms with Gasteiger partial charge in [0.2, 0.25) is 0 Å². The summed E-state index contributed by atoms with van der Waals surface area (Å²) in [6.45, 7) is 2.82. The SMILES string of the molecule is Cc1ccccc1[C@H]1CCCN1C(=O)c1ccc2c(=O)[nH]c(=S)[nH]c2c1. The minimum Gasteiger partial charge on any atom is -0.332 e. The number of fused-ring (bicyclic) bond motifs is 1. The average Bonchev–Trinajstić information content (AvgIpc) is 3.10. The molecule has 3 aromatic rings. The van der Waals surface area contributed by atoms with Crippen molar-refractivity contribution in [1.82, 2.24) is 14.9 Å². The van der Waals surface area contributed by atoms with Gasteiger partial charge in [-0.2, -0.15) is 0 Å². The summed E-state index contributed by atoms with van der Waals surface area (Å²) < 4.78 is 0.256. The van der Waals surface area contributed by atoms with E-state index >= 15 is 0 Å². The van der Waals surface area contributed by atoms with Crippen LogP contribution in [0.25, 0.3) is 10.9 Å². The number of nitrogens with one attached hydrogen (secondary N) is 2. The second-order valence-electron chi connectivity index (χ2n) is 6.68. The zero-order chi connectivity index (χ0) is 18.3. The lowest BCUT2D eigenvalue weighted by Crippen LogP contribution is -2.31. The van der Waals surface area contributed by atoms with Crippen LogP contribution in [0.3, 0.4) is 0 Å².